The number of hydrogen-bond acceptors (Lipinski definition) is 3. The van der Waals surface area contributed by atoms with Gasteiger partial charge in [0.05, 0.1) is 11.6 Å². The number of hydrogen-bond donors (Lipinski definition) is 0. The quantitative estimate of drug-likeness (QED) is 0.814. The van der Waals surface area contributed by atoms with Crippen LogP contribution in [0, 0.1) is 0 Å². The van der Waals surface area contributed by atoms with Gasteiger partial charge >= 0.3 is 0 Å². The lowest BCUT2D eigenvalue weighted by Gasteiger charge is -2.31. The van der Waals surface area contributed by atoms with E-state index < -0.39 is 0 Å². The molecule has 1 atom stereocenters. The van der Waals surface area contributed by atoms with Crippen LogP contribution in [0.15, 0.2) is 42.6 Å². The predicted molar refractivity (Wildman–Crippen MR) is 92.0 cm³/mol. The molecule has 2 heterocycles. The highest BCUT2D eigenvalue weighted by atomic mass is 16.5. The molecule has 1 aliphatic rings. The summed E-state index contributed by atoms with van der Waals surface area (Å²) in [5, 5.41) is 1.08. The molecule has 2 aromatic rings. The maximum absolute atomic E-state index is 12.4. The minimum Gasteiger partial charge on any atom is -0.377 e. The first-order valence-corrected chi connectivity index (χ1v) is 8.20. The lowest BCUT2D eigenvalue weighted by molar-refractivity contribution is -0.129. The van der Waals surface area contributed by atoms with Gasteiger partial charge in [-0.05, 0) is 31.9 Å². The average molecular weight is 310 g/mol. The summed E-state index contributed by atoms with van der Waals surface area (Å²) in [6, 6.07) is 9.94. The Bertz CT molecular complexity index is 704. The van der Waals surface area contributed by atoms with E-state index in [0.717, 1.165) is 35.9 Å². The van der Waals surface area contributed by atoms with Gasteiger partial charge in [0.1, 0.15) is 0 Å². The summed E-state index contributed by atoms with van der Waals surface area (Å²) in [5.74, 6) is 0.0438. The number of para-hydroxylation sites is 1. The van der Waals surface area contributed by atoms with Crippen LogP contribution in [0.2, 0.25) is 0 Å². The molecule has 1 saturated heterocycles. The molecule has 0 aliphatic carbocycles. The van der Waals surface area contributed by atoms with E-state index in [2.05, 4.69) is 4.98 Å². The number of carbonyl (C=O) groups excluding carboxylic acids is 1. The van der Waals surface area contributed by atoms with Gasteiger partial charge in [-0.2, -0.15) is 0 Å². The number of pyridine rings is 1. The van der Waals surface area contributed by atoms with E-state index in [4.69, 9.17) is 4.74 Å². The maximum atomic E-state index is 12.4. The monoisotopic (exact) mass is 310 g/mol. The Morgan fingerprint density at radius 3 is 3.13 bits per heavy atom. The number of piperidine rings is 1. The number of likely N-dealkylation sites (tertiary alicyclic amines) is 1. The van der Waals surface area contributed by atoms with Gasteiger partial charge in [0, 0.05) is 42.9 Å². The van der Waals surface area contributed by atoms with Gasteiger partial charge in [0.25, 0.3) is 0 Å². The first kappa shape index (κ1) is 15.7. The first-order chi connectivity index (χ1) is 11.3. The molecule has 0 spiro atoms. The highest BCUT2D eigenvalue weighted by Gasteiger charge is 2.22. The van der Waals surface area contributed by atoms with Crippen LogP contribution in [0.25, 0.3) is 17.0 Å². The van der Waals surface area contributed by atoms with Crippen molar-refractivity contribution >= 4 is 22.9 Å². The Kier molecular flexibility index (Phi) is 5.03. The number of amides is 1. The van der Waals surface area contributed by atoms with Crippen molar-refractivity contribution in [3.63, 3.8) is 0 Å². The van der Waals surface area contributed by atoms with Gasteiger partial charge in [-0.25, -0.2) is 0 Å². The minimum atomic E-state index is 0.0438. The Morgan fingerprint density at radius 1 is 1.39 bits per heavy atom. The number of nitrogens with zero attached hydrogens (tertiary/aromatic N) is 2. The summed E-state index contributed by atoms with van der Waals surface area (Å²) in [5.41, 5.74) is 1.89. The summed E-state index contributed by atoms with van der Waals surface area (Å²) >= 11 is 0. The third-order valence-corrected chi connectivity index (χ3v) is 4.16. The second-order valence-electron chi connectivity index (χ2n) is 5.76. The molecule has 120 valence electrons. The SMILES string of the molecule is CCOC1CCCN(C(=O)/C=C/c2cccc3cccnc23)C1. The summed E-state index contributed by atoms with van der Waals surface area (Å²) < 4.78 is 5.66. The summed E-state index contributed by atoms with van der Waals surface area (Å²) in [6.45, 7) is 4.18. The largest absolute Gasteiger partial charge is 0.377 e. The zero-order chi connectivity index (χ0) is 16.1. The van der Waals surface area contributed by atoms with Crippen LogP contribution in [-0.2, 0) is 9.53 Å². The summed E-state index contributed by atoms with van der Waals surface area (Å²) in [6.07, 6.45) is 7.50. The molecule has 1 aliphatic heterocycles. The number of rotatable bonds is 4. The minimum absolute atomic E-state index is 0.0438. The second-order valence-corrected chi connectivity index (χ2v) is 5.76. The number of ether oxygens (including phenoxy) is 1. The fourth-order valence-electron chi connectivity index (χ4n) is 3.04. The zero-order valence-corrected chi connectivity index (χ0v) is 13.4. The Hall–Kier alpha value is -2.20. The molecule has 1 aromatic heterocycles. The van der Waals surface area contributed by atoms with Crippen molar-refractivity contribution in [2.24, 2.45) is 0 Å². The smallest absolute Gasteiger partial charge is 0.246 e. The second kappa shape index (κ2) is 7.38. The topological polar surface area (TPSA) is 42.4 Å². The molecule has 23 heavy (non-hydrogen) atoms. The third-order valence-electron chi connectivity index (χ3n) is 4.16. The van der Waals surface area contributed by atoms with Crippen molar-refractivity contribution < 1.29 is 9.53 Å². The molecule has 1 amide bonds. The zero-order valence-electron chi connectivity index (χ0n) is 13.4. The first-order valence-electron chi connectivity index (χ1n) is 8.20. The molecule has 1 aromatic carbocycles. The number of carbonyl (C=O) groups is 1. The van der Waals surface area contributed by atoms with E-state index in [1.54, 1.807) is 12.3 Å². The van der Waals surface area contributed by atoms with Crippen LogP contribution < -0.4 is 0 Å². The molecular formula is C19H22N2O2. The van der Waals surface area contributed by atoms with Gasteiger partial charge in [0.15, 0.2) is 0 Å². The lowest BCUT2D eigenvalue weighted by Crippen LogP contribution is -2.42. The van der Waals surface area contributed by atoms with Crippen molar-refractivity contribution in [1.29, 1.82) is 0 Å². The summed E-state index contributed by atoms with van der Waals surface area (Å²) in [4.78, 5) is 18.7. The summed E-state index contributed by atoms with van der Waals surface area (Å²) in [7, 11) is 0. The van der Waals surface area contributed by atoms with Gasteiger partial charge in [-0.15, -0.1) is 0 Å². The molecule has 1 unspecified atom stereocenters. The molecule has 3 rings (SSSR count). The van der Waals surface area contributed by atoms with Crippen LogP contribution in [-0.4, -0.2) is 41.6 Å². The highest BCUT2D eigenvalue weighted by molar-refractivity contribution is 5.95. The Balaban J connectivity index is 1.72. The number of fused-ring (bicyclic) bond motifs is 1. The molecule has 0 radical (unpaired) electrons. The van der Waals surface area contributed by atoms with Crippen LogP contribution in [0.4, 0.5) is 0 Å². The van der Waals surface area contributed by atoms with Crippen LogP contribution in [0.1, 0.15) is 25.3 Å². The Morgan fingerprint density at radius 2 is 2.26 bits per heavy atom. The van der Waals surface area contributed by atoms with E-state index >= 15 is 0 Å². The fraction of sp³-hybridized carbons (Fsp3) is 0.368. The van der Waals surface area contributed by atoms with Gasteiger partial charge in [0.2, 0.25) is 5.91 Å². The van der Waals surface area contributed by atoms with E-state index in [0.29, 0.717) is 13.2 Å². The van der Waals surface area contributed by atoms with Gasteiger partial charge in [-0.1, -0.05) is 24.3 Å². The highest BCUT2D eigenvalue weighted by Crippen LogP contribution is 2.18. The number of aromatic nitrogens is 1. The van der Waals surface area contributed by atoms with Crippen molar-refractivity contribution in [1.82, 2.24) is 9.88 Å². The molecule has 1 fully saturated rings. The van der Waals surface area contributed by atoms with E-state index in [1.165, 1.54) is 0 Å². The predicted octanol–water partition coefficient (Wildman–Crippen LogP) is 3.28. The fourth-order valence-corrected chi connectivity index (χ4v) is 3.04. The normalized spacial score (nSPS) is 18.7. The molecule has 0 bridgehead atoms. The molecule has 4 heteroatoms. The molecule has 0 saturated carbocycles. The van der Waals surface area contributed by atoms with E-state index in [-0.39, 0.29) is 12.0 Å². The molecule has 0 N–H and O–H groups in total. The van der Waals surface area contributed by atoms with Crippen LogP contribution >= 0.6 is 0 Å². The van der Waals surface area contributed by atoms with Crippen molar-refractivity contribution in [2.45, 2.75) is 25.9 Å². The standard InChI is InChI=1S/C19H22N2O2/c1-2-23-17-9-5-13-21(14-17)18(22)11-10-16-7-3-6-15-8-4-12-20-19(15)16/h3-4,6-8,10-12,17H,2,5,9,13-14H2,1H3/b11-10+. The maximum Gasteiger partial charge on any atom is 0.246 e. The van der Waals surface area contributed by atoms with Crippen molar-refractivity contribution in [3.05, 3.63) is 48.2 Å². The van der Waals surface area contributed by atoms with Gasteiger partial charge < -0.3 is 9.64 Å². The number of benzene rings is 1. The van der Waals surface area contributed by atoms with Crippen LogP contribution in [0.5, 0.6) is 0 Å². The lowest BCUT2D eigenvalue weighted by atomic mass is 10.1. The van der Waals surface area contributed by atoms with Crippen molar-refractivity contribution in [3.8, 4) is 0 Å². The molecule has 4 nitrogen and oxygen atoms in total. The average Bonchev–Trinajstić information content (AvgIpc) is 2.60. The third kappa shape index (κ3) is 3.77. The van der Waals surface area contributed by atoms with Crippen molar-refractivity contribution in [2.75, 3.05) is 19.7 Å². The van der Waals surface area contributed by atoms with E-state index in [1.807, 2.05) is 48.2 Å². The Labute approximate surface area is 136 Å². The molecular weight excluding hydrogens is 288 g/mol. The van der Waals surface area contributed by atoms with Gasteiger partial charge in [-0.3, -0.25) is 9.78 Å². The van der Waals surface area contributed by atoms with Crippen LogP contribution in [0.3, 0.4) is 0 Å². The van der Waals surface area contributed by atoms with E-state index in [9.17, 15) is 4.79 Å².